The Bertz CT molecular complexity index is 515. The molecule has 1 rings (SSSR count). The number of hydrogen-bond donors (Lipinski definition) is 3. The summed E-state index contributed by atoms with van der Waals surface area (Å²) < 4.78 is 5.09. The monoisotopic (exact) mass is 285 g/mol. The highest BCUT2D eigenvalue weighted by Crippen LogP contribution is 2.23. The van der Waals surface area contributed by atoms with Crippen LogP contribution in [0.5, 0.6) is 5.75 Å². The van der Waals surface area contributed by atoms with Crippen LogP contribution in [0.2, 0.25) is 5.02 Å². The number of halogens is 1. The highest BCUT2D eigenvalue weighted by atomic mass is 35.5. The molecule has 1 amide bonds. The third-order valence-corrected chi connectivity index (χ3v) is 2.82. The highest BCUT2D eigenvalue weighted by Gasteiger charge is 2.27. The molecule has 1 aromatic carbocycles. The Labute approximate surface area is 116 Å². The molecule has 0 saturated carbocycles. The normalized spacial score (nSPS) is 12.1. The topological polar surface area (TPSA) is 96.9 Å². The summed E-state index contributed by atoms with van der Waals surface area (Å²) in [5, 5.41) is 14.7. The van der Waals surface area contributed by atoms with Gasteiger partial charge in [0.05, 0.1) is 18.2 Å². The maximum absolute atomic E-state index is 12.1. The van der Waals surface area contributed by atoms with Crippen molar-refractivity contribution in [1.29, 1.82) is 0 Å². The maximum Gasteiger partial charge on any atom is 0.255 e. The lowest BCUT2D eigenvalue weighted by atomic mass is 10.0. The van der Waals surface area contributed by atoms with E-state index >= 15 is 0 Å². The molecule has 104 valence electrons. The number of ether oxygens (including phenoxy) is 1. The molecule has 4 N–H and O–H groups in total. The molecule has 1 aromatic rings. The van der Waals surface area contributed by atoms with E-state index in [9.17, 15) is 4.79 Å². The Kier molecular flexibility index (Phi) is 4.61. The number of amides is 1. The van der Waals surface area contributed by atoms with Crippen molar-refractivity contribution >= 4 is 23.3 Å². The van der Waals surface area contributed by atoms with E-state index in [1.165, 1.54) is 13.2 Å². The van der Waals surface area contributed by atoms with Crippen LogP contribution in [-0.2, 0) is 0 Å². The average Bonchev–Trinajstić information content (AvgIpc) is 2.36. The summed E-state index contributed by atoms with van der Waals surface area (Å²) in [4.78, 5) is 12.1. The number of nitrogens with zero attached hydrogens (tertiary/aromatic N) is 1. The summed E-state index contributed by atoms with van der Waals surface area (Å²) in [6.45, 7) is 3.23. The van der Waals surface area contributed by atoms with E-state index in [4.69, 9.17) is 27.3 Å². The van der Waals surface area contributed by atoms with Crippen LogP contribution in [-0.4, -0.2) is 29.6 Å². The van der Waals surface area contributed by atoms with Crippen molar-refractivity contribution in [3.8, 4) is 5.75 Å². The Morgan fingerprint density at radius 3 is 2.68 bits per heavy atom. The fourth-order valence-corrected chi connectivity index (χ4v) is 1.55. The largest absolute Gasteiger partial charge is 0.496 e. The number of benzene rings is 1. The summed E-state index contributed by atoms with van der Waals surface area (Å²) in [7, 11) is 1.44. The molecule has 0 aliphatic rings. The SMILES string of the molecule is COc1cc(Cl)ccc1C(=O)NC(C)(C)C(N)=NO. The number of nitrogens with two attached hydrogens (primary N) is 1. The number of carbonyl (C=O) groups excluding carboxylic acids is 1. The minimum absolute atomic E-state index is 0.103. The molecular weight excluding hydrogens is 270 g/mol. The fraction of sp³-hybridized carbons (Fsp3) is 0.333. The Morgan fingerprint density at radius 1 is 1.53 bits per heavy atom. The van der Waals surface area contributed by atoms with Gasteiger partial charge in [0.2, 0.25) is 0 Å². The second kappa shape index (κ2) is 5.79. The van der Waals surface area contributed by atoms with Crippen LogP contribution in [0.25, 0.3) is 0 Å². The molecule has 0 aliphatic heterocycles. The first kappa shape index (κ1) is 15.1. The number of oxime groups is 1. The molecule has 0 aromatic heterocycles. The first-order valence-electron chi connectivity index (χ1n) is 5.46. The van der Waals surface area contributed by atoms with E-state index in [2.05, 4.69) is 10.5 Å². The van der Waals surface area contributed by atoms with Crippen LogP contribution < -0.4 is 15.8 Å². The molecule has 0 atom stereocenters. The molecule has 0 heterocycles. The van der Waals surface area contributed by atoms with Gasteiger partial charge in [-0.25, -0.2) is 0 Å². The minimum atomic E-state index is -0.990. The van der Waals surface area contributed by atoms with Crippen molar-refractivity contribution in [2.75, 3.05) is 7.11 Å². The van der Waals surface area contributed by atoms with Gasteiger partial charge in [0.15, 0.2) is 5.84 Å². The van der Waals surface area contributed by atoms with Gasteiger partial charge in [-0.1, -0.05) is 16.8 Å². The van der Waals surface area contributed by atoms with E-state index in [0.29, 0.717) is 16.3 Å². The average molecular weight is 286 g/mol. The summed E-state index contributed by atoms with van der Waals surface area (Å²) in [6.07, 6.45) is 0. The second-order valence-corrected chi connectivity index (χ2v) is 4.85. The van der Waals surface area contributed by atoms with Crippen LogP contribution >= 0.6 is 11.6 Å². The van der Waals surface area contributed by atoms with E-state index in [-0.39, 0.29) is 5.84 Å². The Hall–Kier alpha value is -1.95. The van der Waals surface area contributed by atoms with Crippen molar-refractivity contribution in [3.63, 3.8) is 0 Å². The molecule has 0 fully saturated rings. The van der Waals surface area contributed by atoms with Crippen LogP contribution in [0.1, 0.15) is 24.2 Å². The standard InChI is InChI=1S/C12H16ClN3O3/c1-12(2,11(14)16-18)15-10(17)8-5-4-7(13)6-9(8)19-3/h4-6,18H,1-3H3,(H2,14,16)(H,15,17). The van der Waals surface area contributed by atoms with Crippen LogP contribution in [0.15, 0.2) is 23.4 Å². The van der Waals surface area contributed by atoms with E-state index in [1.807, 2.05) is 0 Å². The third kappa shape index (κ3) is 3.51. The molecule has 7 heteroatoms. The van der Waals surface area contributed by atoms with Gasteiger partial charge < -0.3 is 21.0 Å². The van der Waals surface area contributed by atoms with Gasteiger partial charge in [0.1, 0.15) is 5.75 Å². The lowest BCUT2D eigenvalue weighted by Gasteiger charge is -2.24. The number of hydrogen-bond acceptors (Lipinski definition) is 4. The Morgan fingerprint density at radius 2 is 2.16 bits per heavy atom. The molecule has 19 heavy (non-hydrogen) atoms. The van der Waals surface area contributed by atoms with Gasteiger partial charge in [-0.05, 0) is 32.0 Å². The molecule has 0 bridgehead atoms. The molecule has 0 aliphatic carbocycles. The number of amidine groups is 1. The third-order valence-electron chi connectivity index (χ3n) is 2.58. The summed E-state index contributed by atoms with van der Waals surface area (Å²) >= 11 is 5.82. The van der Waals surface area contributed by atoms with Crippen molar-refractivity contribution in [2.45, 2.75) is 19.4 Å². The maximum atomic E-state index is 12.1. The second-order valence-electron chi connectivity index (χ2n) is 4.41. The van der Waals surface area contributed by atoms with Crippen LogP contribution in [0.4, 0.5) is 0 Å². The number of rotatable bonds is 4. The van der Waals surface area contributed by atoms with Crippen molar-refractivity contribution in [3.05, 3.63) is 28.8 Å². The molecule has 0 radical (unpaired) electrons. The van der Waals surface area contributed by atoms with E-state index in [0.717, 1.165) is 0 Å². The fourth-order valence-electron chi connectivity index (χ4n) is 1.39. The summed E-state index contributed by atoms with van der Waals surface area (Å²) in [5.41, 5.74) is 4.83. The summed E-state index contributed by atoms with van der Waals surface area (Å²) in [5.74, 6) is -0.167. The van der Waals surface area contributed by atoms with Crippen LogP contribution in [0.3, 0.4) is 0 Å². The molecule has 6 nitrogen and oxygen atoms in total. The van der Waals surface area contributed by atoms with Gasteiger partial charge in [-0.15, -0.1) is 0 Å². The van der Waals surface area contributed by atoms with Crippen LogP contribution in [0, 0.1) is 0 Å². The lowest BCUT2D eigenvalue weighted by Crippen LogP contribution is -2.53. The highest BCUT2D eigenvalue weighted by molar-refractivity contribution is 6.30. The number of nitrogens with one attached hydrogen (secondary N) is 1. The lowest BCUT2D eigenvalue weighted by molar-refractivity contribution is 0.0928. The zero-order chi connectivity index (χ0) is 14.6. The van der Waals surface area contributed by atoms with Gasteiger partial charge in [0, 0.05) is 5.02 Å². The first-order valence-corrected chi connectivity index (χ1v) is 5.83. The van der Waals surface area contributed by atoms with Crippen molar-refractivity contribution in [1.82, 2.24) is 5.32 Å². The number of carbonyl (C=O) groups is 1. The quantitative estimate of drug-likeness (QED) is 0.339. The summed E-state index contributed by atoms with van der Waals surface area (Å²) in [6, 6.07) is 4.65. The molecule has 0 unspecified atom stereocenters. The van der Waals surface area contributed by atoms with Gasteiger partial charge in [-0.2, -0.15) is 0 Å². The predicted molar refractivity (Wildman–Crippen MR) is 73.0 cm³/mol. The number of methoxy groups -OCH3 is 1. The van der Waals surface area contributed by atoms with Gasteiger partial charge in [0.25, 0.3) is 5.91 Å². The van der Waals surface area contributed by atoms with Gasteiger partial charge >= 0.3 is 0 Å². The zero-order valence-electron chi connectivity index (χ0n) is 10.9. The van der Waals surface area contributed by atoms with E-state index < -0.39 is 11.4 Å². The van der Waals surface area contributed by atoms with Crippen molar-refractivity contribution < 1.29 is 14.7 Å². The predicted octanol–water partition coefficient (Wildman–Crippen LogP) is 1.60. The first-order chi connectivity index (χ1) is 8.81. The minimum Gasteiger partial charge on any atom is -0.496 e. The molecule has 0 saturated heterocycles. The van der Waals surface area contributed by atoms with Gasteiger partial charge in [-0.3, -0.25) is 4.79 Å². The smallest absolute Gasteiger partial charge is 0.255 e. The Balaban J connectivity index is 3.02. The molecule has 0 spiro atoms. The van der Waals surface area contributed by atoms with E-state index in [1.54, 1.807) is 26.0 Å². The van der Waals surface area contributed by atoms with Crippen molar-refractivity contribution in [2.24, 2.45) is 10.9 Å². The zero-order valence-corrected chi connectivity index (χ0v) is 11.7. The molecular formula is C12H16ClN3O3.